The van der Waals surface area contributed by atoms with E-state index < -0.39 is 4.92 Å². The van der Waals surface area contributed by atoms with Gasteiger partial charge < -0.3 is 4.74 Å². The maximum Gasteiger partial charge on any atom is 0.282 e. The van der Waals surface area contributed by atoms with Crippen LogP contribution in [-0.2, 0) is 6.61 Å². The summed E-state index contributed by atoms with van der Waals surface area (Å²) in [6.07, 6.45) is 6.48. The number of hydrogen-bond acceptors (Lipinski definition) is 6. The van der Waals surface area contributed by atoms with Crippen LogP contribution in [0.4, 0.5) is 10.1 Å². The molecule has 3 aromatic carbocycles. The summed E-state index contributed by atoms with van der Waals surface area (Å²) < 4.78 is 20.8. The van der Waals surface area contributed by atoms with Crippen molar-refractivity contribution in [2.24, 2.45) is 5.10 Å². The third-order valence-electron chi connectivity index (χ3n) is 6.55. The molecule has 0 radical (unpaired) electrons. The predicted octanol–water partition coefficient (Wildman–Crippen LogP) is 5.95. The summed E-state index contributed by atoms with van der Waals surface area (Å²) in [5, 5.41) is 16.4. The molecule has 5 rings (SSSR count). The van der Waals surface area contributed by atoms with E-state index in [0.29, 0.717) is 33.6 Å². The molecule has 0 unspecified atom stereocenters. The van der Waals surface area contributed by atoms with E-state index in [-0.39, 0.29) is 29.6 Å². The van der Waals surface area contributed by atoms with Gasteiger partial charge in [0, 0.05) is 23.6 Å². The zero-order valence-electron chi connectivity index (χ0n) is 20.0. The molecule has 0 saturated heterocycles. The molecule has 0 bridgehead atoms. The Morgan fingerprint density at radius 1 is 1.08 bits per heavy atom. The number of non-ortho nitro benzene ring substituents is 1. The van der Waals surface area contributed by atoms with Gasteiger partial charge in [-0.25, -0.2) is 9.37 Å². The maximum absolute atomic E-state index is 13.6. The molecular weight excluding hydrogens is 475 g/mol. The van der Waals surface area contributed by atoms with Crippen LogP contribution >= 0.6 is 0 Å². The fourth-order valence-corrected chi connectivity index (χ4v) is 4.67. The van der Waals surface area contributed by atoms with Crippen LogP contribution < -0.4 is 10.3 Å². The lowest BCUT2D eigenvalue weighted by Gasteiger charge is -2.22. The van der Waals surface area contributed by atoms with E-state index in [2.05, 4.69) is 5.10 Å². The van der Waals surface area contributed by atoms with Crippen LogP contribution in [0.25, 0.3) is 10.9 Å². The van der Waals surface area contributed by atoms with Crippen LogP contribution in [-0.4, -0.2) is 20.8 Å². The molecular formula is C28H25FN4O4. The fraction of sp³-hybridized carbons (Fsp3) is 0.250. The molecule has 0 aliphatic heterocycles. The van der Waals surface area contributed by atoms with E-state index in [4.69, 9.17) is 9.72 Å². The third kappa shape index (κ3) is 5.40. The second-order valence-electron chi connectivity index (χ2n) is 9.08. The minimum absolute atomic E-state index is 0.0568. The first-order chi connectivity index (χ1) is 18.0. The first-order valence-electron chi connectivity index (χ1n) is 12.2. The molecule has 1 aromatic heterocycles. The van der Waals surface area contributed by atoms with Crippen molar-refractivity contribution in [3.63, 3.8) is 0 Å². The highest BCUT2D eigenvalue weighted by Crippen LogP contribution is 2.32. The van der Waals surface area contributed by atoms with Crippen molar-refractivity contribution < 1.29 is 14.1 Å². The zero-order chi connectivity index (χ0) is 25.8. The second kappa shape index (κ2) is 10.7. The van der Waals surface area contributed by atoms with Crippen LogP contribution in [0.5, 0.6) is 5.75 Å². The zero-order valence-corrected chi connectivity index (χ0v) is 20.0. The lowest BCUT2D eigenvalue weighted by molar-refractivity contribution is -0.384. The van der Waals surface area contributed by atoms with Gasteiger partial charge in [-0.05, 0) is 48.7 Å². The highest BCUT2D eigenvalue weighted by atomic mass is 19.1. The average molecular weight is 501 g/mol. The smallest absolute Gasteiger partial charge is 0.282 e. The highest BCUT2D eigenvalue weighted by Gasteiger charge is 2.22. The molecule has 1 aliphatic carbocycles. The Morgan fingerprint density at radius 3 is 2.68 bits per heavy atom. The first-order valence-corrected chi connectivity index (χ1v) is 12.2. The van der Waals surface area contributed by atoms with Gasteiger partial charge in [-0.3, -0.25) is 14.9 Å². The molecule has 8 nitrogen and oxygen atoms in total. The molecule has 1 aliphatic rings. The van der Waals surface area contributed by atoms with Crippen molar-refractivity contribution >= 4 is 22.8 Å². The fourth-order valence-electron chi connectivity index (χ4n) is 4.67. The van der Waals surface area contributed by atoms with Gasteiger partial charge in [-0.15, -0.1) is 0 Å². The highest BCUT2D eigenvalue weighted by molar-refractivity contribution is 5.85. The molecule has 1 saturated carbocycles. The van der Waals surface area contributed by atoms with E-state index >= 15 is 0 Å². The van der Waals surface area contributed by atoms with E-state index in [1.807, 2.05) is 12.1 Å². The van der Waals surface area contributed by atoms with Gasteiger partial charge in [-0.2, -0.15) is 9.78 Å². The van der Waals surface area contributed by atoms with Crippen molar-refractivity contribution in [1.82, 2.24) is 9.66 Å². The van der Waals surface area contributed by atoms with E-state index in [1.165, 1.54) is 41.2 Å². The number of nitrogens with zero attached hydrogens (tertiary/aromatic N) is 4. The monoisotopic (exact) mass is 500 g/mol. The molecule has 1 heterocycles. The quantitative estimate of drug-likeness (QED) is 0.177. The Bertz CT molecular complexity index is 1540. The van der Waals surface area contributed by atoms with E-state index in [0.717, 1.165) is 32.1 Å². The third-order valence-corrected chi connectivity index (χ3v) is 6.55. The summed E-state index contributed by atoms with van der Waals surface area (Å²) >= 11 is 0. The predicted molar refractivity (Wildman–Crippen MR) is 139 cm³/mol. The Kier molecular flexibility index (Phi) is 7.02. The van der Waals surface area contributed by atoms with Gasteiger partial charge in [0.1, 0.15) is 24.0 Å². The Morgan fingerprint density at radius 2 is 1.89 bits per heavy atom. The number of halogens is 1. The van der Waals surface area contributed by atoms with Gasteiger partial charge in [0.05, 0.1) is 22.0 Å². The molecule has 37 heavy (non-hydrogen) atoms. The van der Waals surface area contributed by atoms with Crippen LogP contribution in [0.1, 0.15) is 55.0 Å². The number of aromatic nitrogens is 2. The van der Waals surface area contributed by atoms with Crippen LogP contribution in [0.2, 0.25) is 0 Å². The minimum atomic E-state index is -0.509. The van der Waals surface area contributed by atoms with Gasteiger partial charge in [0.2, 0.25) is 0 Å². The van der Waals surface area contributed by atoms with Gasteiger partial charge in [0.25, 0.3) is 11.2 Å². The van der Waals surface area contributed by atoms with Gasteiger partial charge in [0.15, 0.2) is 0 Å². The molecule has 4 aromatic rings. The maximum atomic E-state index is 13.6. The summed E-state index contributed by atoms with van der Waals surface area (Å²) in [6, 6.07) is 17.3. The summed E-state index contributed by atoms with van der Waals surface area (Å²) in [5.74, 6) is 0.619. The van der Waals surface area contributed by atoms with Crippen LogP contribution in [0.15, 0.2) is 76.6 Å². The van der Waals surface area contributed by atoms with E-state index in [9.17, 15) is 19.3 Å². The van der Waals surface area contributed by atoms with Crippen molar-refractivity contribution in [2.75, 3.05) is 0 Å². The van der Waals surface area contributed by atoms with Gasteiger partial charge in [-0.1, -0.05) is 43.5 Å². The minimum Gasteiger partial charge on any atom is -0.488 e. The summed E-state index contributed by atoms with van der Waals surface area (Å²) in [5.41, 5.74) is 1.11. The van der Waals surface area contributed by atoms with Crippen LogP contribution in [0, 0.1) is 15.9 Å². The lowest BCUT2D eigenvalue weighted by Crippen LogP contribution is -2.25. The van der Waals surface area contributed by atoms with Crippen molar-refractivity contribution in [3.05, 3.63) is 110 Å². The molecule has 188 valence electrons. The summed E-state index contributed by atoms with van der Waals surface area (Å²) in [6.45, 7) is 0.0568. The number of benzene rings is 3. The Balaban J connectivity index is 1.55. The van der Waals surface area contributed by atoms with E-state index in [1.54, 1.807) is 24.3 Å². The standard InChI is InChI=1S/C28H25FN4O4/c29-22-10-6-7-19(15-22)18-37-26-14-13-23(33(35)36)16-21(26)17-30-32-27(20-8-2-1-3-9-20)31-25-12-5-4-11-24(25)28(32)34/h4-7,10-17,20H,1-3,8-9,18H2. The number of hydrogen-bond donors (Lipinski definition) is 0. The topological polar surface area (TPSA) is 99.6 Å². The number of fused-ring (bicyclic) bond motifs is 1. The number of rotatable bonds is 7. The van der Waals surface area contributed by atoms with Gasteiger partial charge >= 0.3 is 0 Å². The largest absolute Gasteiger partial charge is 0.488 e. The van der Waals surface area contributed by atoms with Crippen molar-refractivity contribution in [1.29, 1.82) is 0 Å². The SMILES string of the molecule is O=c1c2ccccc2nc(C2CCCCC2)n1N=Cc1cc([N+](=O)[O-])ccc1OCc1cccc(F)c1. The van der Waals surface area contributed by atoms with Crippen LogP contribution in [0.3, 0.4) is 0 Å². The second-order valence-corrected chi connectivity index (χ2v) is 9.08. The lowest BCUT2D eigenvalue weighted by atomic mass is 9.88. The molecule has 0 atom stereocenters. The Labute approximate surface area is 212 Å². The molecule has 0 spiro atoms. The molecule has 0 N–H and O–H groups in total. The number of para-hydroxylation sites is 1. The molecule has 1 fully saturated rings. The van der Waals surface area contributed by atoms with Crippen molar-refractivity contribution in [2.45, 2.75) is 44.6 Å². The molecule has 0 amide bonds. The summed E-state index contributed by atoms with van der Waals surface area (Å²) in [4.78, 5) is 29.2. The molecule has 9 heteroatoms. The first kappa shape index (κ1) is 24.3. The van der Waals surface area contributed by atoms with Crippen molar-refractivity contribution in [3.8, 4) is 5.75 Å². The summed E-state index contributed by atoms with van der Waals surface area (Å²) in [7, 11) is 0. The Hall–Kier alpha value is -4.40. The number of ether oxygens (including phenoxy) is 1. The number of nitro groups is 1. The normalized spacial score (nSPS) is 14.3. The average Bonchev–Trinajstić information content (AvgIpc) is 2.92. The number of nitro benzene ring substituents is 1.